The topological polar surface area (TPSA) is 29.5 Å². The number of hydrogen-bond acceptors (Lipinski definition) is 2. The fraction of sp³-hybridized carbons (Fsp3) is 0.600. The zero-order valence-corrected chi connectivity index (χ0v) is 11.3. The Morgan fingerprint density at radius 1 is 1.16 bits per heavy atom. The molecule has 0 aliphatic heterocycles. The Morgan fingerprint density at radius 2 is 1.79 bits per heavy atom. The molecule has 0 bridgehead atoms. The van der Waals surface area contributed by atoms with Crippen LogP contribution in [0.4, 0.5) is 8.78 Å². The summed E-state index contributed by atoms with van der Waals surface area (Å²) in [6.07, 6.45) is 2.84. The number of benzene rings is 1. The van der Waals surface area contributed by atoms with E-state index < -0.39 is 17.7 Å². The number of aliphatic hydroxyl groups is 1. The van der Waals surface area contributed by atoms with Gasteiger partial charge in [-0.25, -0.2) is 4.39 Å². The van der Waals surface area contributed by atoms with E-state index in [-0.39, 0.29) is 17.2 Å². The molecule has 2 nitrogen and oxygen atoms in total. The Hall–Kier alpha value is -1.16. The van der Waals surface area contributed by atoms with Gasteiger partial charge in [0.2, 0.25) is 5.82 Å². The van der Waals surface area contributed by atoms with Crippen molar-refractivity contribution in [3.05, 3.63) is 29.3 Å². The molecule has 0 aromatic heterocycles. The van der Waals surface area contributed by atoms with Gasteiger partial charge in [0.15, 0.2) is 11.6 Å². The van der Waals surface area contributed by atoms with Crippen molar-refractivity contribution in [3.8, 4) is 5.75 Å². The highest BCUT2D eigenvalue weighted by atomic mass is 19.2. The average Bonchev–Trinajstić information content (AvgIpc) is 2.42. The lowest BCUT2D eigenvalue weighted by molar-refractivity contribution is 0.0718. The first kappa shape index (κ1) is 14.3. The van der Waals surface area contributed by atoms with Crippen LogP contribution in [0.25, 0.3) is 0 Å². The summed E-state index contributed by atoms with van der Waals surface area (Å²) in [4.78, 5) is 0. The van der Waals surface area contributed by atoms with Gasteiger partial charge >= 0.3 is 0 Å². The fourth-order valence-corrected chi connectivity index (χ4v) is 2.79. The van der Waals surface area contributed by atoms with Gasteiger partial charge < -0.3 is 9.84 Å². The maximum Gasteiger partial charge on any atom is 0.200 e. The molecule has 106 valence electrons. The summed E-state index contributed by atoms with van der Waals surface area (Å²) in [7, 11) is 1.29. The molecule has 4 heteroatoms. The minimum Gasteiger partial charge on any atom is -0.494 e. The molecule has 0 heterocycles. The second kappa shape index (κ2) is 5.87. The van der Waals surface area contributed by atoms with E-state index in [1.54, 1.807) is 0 Å². The molecule has 1 fully saturated rings. The molecule has 1 aromatic rings. The highest BCUT2D eigenvalue weighted by molar-refractivity contribution is 5.32. The van der Waals surface area contributed by atoms with Gasteiger partial charge in [-0.2, -0.15) is 4.39 Å². The Morgan fingerprint density at radius 3 is 2.37 bits per heavy atom. The van der Waals surface area contributed by atoms with Crippen molar-refractivity contribution in [2.24, 2.45) is 11.8 Å². The summed E-state index contributed by atoms with van der Waals surface area (Å²) >= 11 is 0. The first-order valence-corrected chi connectivity index (χ1v) is 6.74. The summed E-state index contributed by atoms with van der Waals surface area (Å²) in [6, 6.07) is 2.78. The molecule has 0 amide bonds. The smallest absolute Gasteiger partial charge is 0.200 e. The summed E-state index contributed by atoms with van der Waals surface area (Å²) in [6.45, 7) is 2.18. The molecule has 1 atom stereocenters. The molecule has 1 unspecified atom stereocenters. The van der Waals surface area contributed by atoms with Crippen molar-refractivity contribution in [2.75, 3.05) is 7.11 Å². The van der Waals surface area contributed by atoms with Crippen LogP contribution in [0.1, 0.15) is 44.3 Å². The number of ether oxygens (including phenoxy) is 1. The molecule has 1 saturated carbocycles. The van der Waals surface area contributed by atoms with Gasteiger partial charge in [-0.3, -0.25) is 0 Å². The number of hydrogen-bond donors (Lipinski definition) is 1. The molecule has 1 aromatic carbocycles. The minimum absolute atomic E-state index is 0.0125. The van der Waals surface area contributed by atoms with Crippen LogP contribution in [0.2, 0.25) is 0 Å². The highest BCUT2D eigenvalue weighted by Gasteiger charge is 2.29. The Labute approximate surface area is 112 Å². The van der Waals surface area contributed by atoms with Gasteiger partial charge in [-0.1, -0.05) is 19.8 Å². The first-order chi connectivity index (χ1) is 9.04. The number of aliphatic hydroxyl groups excluding tert-OH is 1. The van der Waals surface area contributed by atoms with Crippen LogP contribution in [0, 0.1) is 23.5 Å². The predicted molar refractivity (Wildman–Crippen MR) is 69.0 cm³/mol. The summed E-state index contributed by atoms with van der Waals surface area (Å²) in [5.41, 5.74) is 0.0397. The molecular formula is C15H20F2O2. The normalized spacial score (nSPS) is 25.1. The summed E-state index contributed by atoms with van der Waals surface area (Å²) in [5, 5.41) is 10.3. The van der Waals surface area contributed by atoms with Gasteiger partial charge in [0.1, 0.15) is 0 Å². The minimum atomic E-state index is -1.02. The molecule has 1 aliphatic carbocycles. The van der Waals surface area contributed by atoms with E-state index in [9.17, 15) is 13.9 Å². The molecule has 19 heavy (non-hydrogen) atoms. The second-order valence-electron chi connectivity index (χ2n) is 5.45. The third-order valence-corrected chi connectivity index (χ3v) is 4.12. The third kappa shape index (κ3) is 2.89. The highest BCUT2D eigenvalue weighted by Crippen LogP contribution is 2.38. The van der Waals surface area contributed by atoms with E-state index in [2.05, 4.69) is 6.92 Å². The van der Waals surface area contributed by atoms with Crippen LogP contribution in [-0.4, -0.2) is 12.2 Å². The van der Waals surface area contributed by atoms with Gasteiger partial charge in [-0.05, 0) is 36.8 Å². The summed E-state index contributed by atoms with van der Waals surface area (Å²) in [5.74, 6) is -1.49. The molecule has 0 saturated heterocycles. The quantitative estimate of drug-likeness (QED) is 0.904. The van der Waals surface area contributed by atoms with Gasteiger partial charge in [0, 0.05) is 5.56 Å². The van der Waals surface area contributed by atoms with E-state index in [1.807, 2.05) is 0 Å². The lowest BCUT2D eigenvalue weighted by Gasteiger charge is -2.30. The van der Waals surface area contributed by atoms with Crippen molar-refractivity contribution in [1.29, 1.82) is 0 Å². The van der Waals surface area contributed by atoms with Gasteiger partial charge in [-0.15, -0.1) is 0 Å². The van der Waals surface area contributed by atoms with E-state index in [0.29, 0.717) is 5.92 Å². The van der Waals surface area contributed by atoms with Crippen molar-refractivity contribution in [1.82, 2.24) is 0 Å². The van der Waals surface area contributed by atoms with E-state index >= 15 is 0 Å². The van der Waals surface area contributed by atoms with E-state index in [0.717, 1.165) is 25.7 Å². The standard InChI is InChI=1S/C15H20F2O2/c1-9-3-5-10(6-4-9)15(18)11-7-8-12(19-2)14(17)13(11)16/h7-10,15,18H,3-6H2,1-2H3. The molecular weight excluding hydrogens is 250 g/mol. The zero-order valence-electron chi connectivity index (χ0n) is 11.3. The molecule has 1 aliphatic rings. The van der Waals surface area contributed by atoms with Crippen molar-refractivity contribution in [2.45, 2.75) is 38.7 Å². The molecule has 1 N–H and O–H groups in total. The maximum absolute atomic E-state index is 13.9. The number of methoxy groups -OCH3 is 1. The van der Waals surface area contributed by atoms with E-state index in [1.165, 1.54) is 19.2 Å². The monoisotopic (exact) mass is 270 g/mol. The van der Waals surface area contributed by atoms with Crippen molar-refractivity contribution >= 4 is 0 Å². The first-order valence-electron chi connectivity index (χ1n) is 6.74. The zero-order chi connectivity index (χ0) is 14.0. The Bertz CT molecular complexity index is 440. The van der Waals surface area contributed by atoms with Gasteiger partial charge in [0.25, 0.3) is 0 Å². The largest absolute Gasteiger partial charge is 0.494 e. The van der Waals surface area contributed by atoms with Gasteiger partial charge in [0.05, 0.1) is 13.2 Å². The number of rotatable bonds is 3. The SMILES string of the molecule is COc1ccc(C(O)C2CCC(C)CC2)c(F)c1F. The van der Waals surface area contributed by atoms with Crippen LogP contribution in [0.5, 0.6) is 5.75 Å². The van der Waals surface area contributed by atoms with Crippen LogP contribution in [0.15, 0.2) is 12.1 Å². The maximum atomic E-state index is 13.9. The Kier molecular flexibility index (Phi) is 4.40. The molecule has 0 spiro atoms. The molecule has 0 radical (unpaired) electrons. The lowest BCUT2D eigenvalue weighted by atomic mass is 9.78. The Balaban J connectivity index is 2.19. The predicted octanol–water partition coefficient (Wildman–Crippen LogP) is 3.83. The van der Waals surface area contributed by atoms with Crippen LogP contribution in [0.3, 0.4) is 0 Å². The average molecular weight is 270 g/mol. The van der Waals surface area contributed by atoms with Crippen molar-refractivity contribution < 1.29 is 18.6 Å². The third-order valence-electron chi connectivity index (χ3n) is 4.12. The number of halogens is 2. The second-order valence-corrected chi connectivity index (χ2v) is 5.45. The molecule has 2 rings (SSSR count). The van der Waals surface area contributed by atoms with E-state index in [4.69, 9.17) is 4.74 Å². The van der Waals surface area contributed by atoms with Crippen molar-refractivity contribution in [3.63, 3.8) is 0 Å². The van der Waals surface area contributed by atoms with Crippen LogP contribution >= 0.6 is 0 Å². The van der Waals surface area contributed by atoms with Crippen LogP contribution in [-0.2, 0) is 0 Å². The van der Waals surface area contributed by atoms with Crippen LogP contribution < -0.4 is 4.74 Å². The lowest BCUT2D eigenvalue weighted by Crippen LogP contribution is -2.20. The fourth-order valence-electron chi connectivity index (χ4n) is 2.79. The summed E-state index contributed by atoms with van der Waals surface area (Å²) < 4.78 is 32.3.